The molecule has 0 saturated heterocycles. The molecule has 4 fully saturated rings. The Morgan fingerprint density at radius 3 is 0.536 bits per heavy atom. The molecule has 332 valence electrons. The van der Waals surface area contributed by atoms with Crippen LogP contribution >= 0.6 is 16.4 Å². The molecule has 0 aromatic carbocycles. The normalized spacial score (nSPS) is 15.9. The van der Waals surface area contributed by atoms with Crippen LogP contribution in [0.4, 0.5) is 0 Å². The molecule has 0 bridgehead atoms. The van der Waals surface area contributed by atoms with Gasteiger partial charge in [-0.1, -0.05) is 89.6 Å². The average Bonchev–Trinajstić information content (AvgIpc) is 4.07. The van der Waals surface area contributed by atoms with Crippen LogP contribution in [-0.2, 0) is 0 Å². The summed E-state index contributed by atoms with van der Waals surface area (Å²) in [5.41, 5.74) is 4.22. The van der Waals surface area contributed by atoms with Gasteiger partial charge in [0.05, 0.1) is 0 Å². The number of rotatable bonds is 0. The second-order valence-corrected chi connectivity index (χ2v) is 16.8. The second-order valence-electron chi connectivity index (χ2n) is 9.29. The van der Waals surface area contributed by atoms with Gasteiger partial charge in [-0.25, -0.2) is 0 Å². The molecule has 0 unspecified atom stereocenters. The molecule has 0 heterocycles. The number of hydrogen-bond acceptors (Lipinski definition) is 2. The van der Waals surface area contributed by atoms with Crippen LogP contribution in [0.15, 0.2) is 115 Å². The van der Waals surface area contributed by atoms with Crippen molar-refractivity contribution in [2.45, 2.75) is 98.2 Å². The van der Waals surface area contributed by atoms with Crippen molar-refractivity contribution in [3.05, 3.63) is 105 Å². The Morgan fingerprint density at radius 1 is 0.429 bits per heavy atom. The Labute approximate surface area is 395 Å². The summed E-state index contributed by atoms with van der Waals surface area (Å²) in [6.45, 7) is 58.2. The molecule has 4 aliphatic rings. The van der Waals surface area contributed by atoms with Crippen LogP contribution in [0.25, 0.3) is 0 Å². The zero-order valence-corrected chi connectivity index (χ0v) is 50.0. The fourth-order valence-corrected chi connectivity index (χ4v) is 5.03. The molecule has 2 nitrogen and oxygen atoms in total. The quantitative estimate of drug-likeness (QED) is 0.1000. The van der Waals surface area contributed by atoms with Gasteiger partial charge in [0.15, 0.2) is 0 Å². The third-order valence-corrected chi connectivity index (χ3v) is 5.93. The molecular formula is C48H100As2N2P2Sb2. The van der Waals surface area contributed by atoms with Crippen molar-refractivity contribution in [3.8, 4) is 0 Å². The maximum atomic E-state index is 3.64. The van der Waals surface area contributed by atoms with Crippen molar-refractivity contribution in [3.63, 3.8) is 0 Å². The van der Waals surface area contributed by atoms with Gasteiger partial charge in [-0.05, 0) is 50.4 Å². The van der Waals surface area contributed by atoms with Gasteiger partial charge < -0.3 is 9.98 Å². The Kier molecular flexibility index (Phi) is 269. The minimum absolute atomic E-state index is 0.100. The monoisotopic (exact) mass is 1160 g/mol. The van der Waals surface area contributed by atoms with Gasteiger partial charge in [0.1, 0.15) is 0 Å². The summed E-state index contributed by atoms with van der Waals surface area (Å²) in [4.78, 5) is 10.8. The van der Waals surface area contributed by atoms with Crippen molar-refractivity contribution in [2.24, 2.45) is 33.7 Å². The van der Waals surface area contributed by atoms with Gasteiger partial charge in [0, 0.05) is 14.1 Å². The first-order valence-electron chi connectivity index (χ1n) is 18.0. The van der Waals surface area contributed by atoms with Crippen molar-refractivity contribution < 1.29 is 0 Å². The van der Waals surface area contributed by atoms with E-state index < -0.39 is 0 Å². The van der Waals surface area contributed by atoms with E-state index in [4.69, 9.17) is 0 Å². The van der Waals surface area contributed by atoms with Crippen molar-refractivity contribution >= 4 is 135 Å². The summed E-state index contributed by atoms with van der Waals surface area (Å²) >= 11 is 1.08. The van der Waals surface area contributed by atoms with Crippen molar-refractivity contribution in [2.75, 3.05) is 27.4 Å². The van der Waals surface area contributed by atoms with Gasteiger partial charge >= 0.3 is 114 Å². The Hall–Kier alpha value is -0.167. The van der Waals surface area contributed by atoms with E-state index in [0.717, 1.165) is 0 Å². The molecule has 8 heteroatoms. The maximum absolute atomic E-state index is 3.64. The molecule has 4 aliphatic carbocycles. The Balaban J connectivity index is -0.0000000289. The molecule has 0 aromatic heterocycles. The first kappa shape index (κ1) is 95.9. The predicted octanol–water partition coefficient (Wildman–Crippen LogP) is 14.9. The van der Waals surface area contributed by atoms with Gasteiger partial charge in [-0.3, -0.25) is 0 Å². The Bertz CT molecular complexity index is 524. The SMILES string of the molecule is C1CC2CCCC2C1.C1CC2CCCC2C1.C=C.C=C.C=C.C=C.C=C.C=C.C=C.C=C.C=NC.C=NC.C=PC.C=PC.C=[As]C.C=[As]C.[CH2]=[Sb][CH3].[CH2]=[Sb][CH3]. The van der Waals surface area contributed by atoms with E-state index in [1.54, 1.807) is 65.5 Å². The van der Waals surface area contributed by atoms with Crippen LogP contribution in [0, 0.1) is 23.7 Å². The zero-order chi connectivity index (χ0) is 48.5. The molecule has 0 spiro atoms. The van der Waals surface area contributed by atoms with E-state index >= 15 is 0 Å². The number of nitrogens with zero attached hydrogens (tertiary/aromatic N) is 2. The molecular weight excluding hydrogens is 1060 g/mol. The molecule has 0 atom stereocenters. The fraction of sp³-hybridized carbons (Fsp3) is 0.500. The predicted molar refractivity (Wildman–Crippen MR) is 305 cm³/mol. The van der Waals surface area contributed by atoms with E-state index in [2.05, 4.69) is 182 Å². The van der Waals surface area contributed by atoms with Crippen LogP contribution in [0.2, 0.25) is 21.2 Å². The first-order valence-corrected chi connectivity index (χ1v) is 36.2. The van der Waals surface area contributed by atoms with E-state index in [-0.39, 0.29) is 42.3 Å². The molecule has 4 saturated carbocycles. The molecule has 4 rings (SSSR count). The molecule has 56 heavy (non-hydrogen) atoms. The molecule has 0 aromatic rings. The third kappa shape index (κ3) is 148. The number of aliphatic imine (C=N–C) groups is 2. The second kappa shape index (κ2) is 157. The zero-order valence-electron chi connectivity index (χ0n) is 39.3. The van der Waals surface area contributed by atoms with E-state index in [1.807, 2.05) is 13.3 Å². The average molecular weight is 1160 g/mol. The summed E-state index contributed by atoms with van der Waals surface area (Å²) < 4.78 is 7.27. The molecule has 0 N–H and O–H groups in total. The van der Waals surface area contributed by atoms with Crippen LogP contribution < -0.4 is 0 Å². The summed E-state index contributed by atoms with van der Waals surface area (Å²) in [7, 11) is 5.61. The van der Waals surface area contributed by atoms with Crippen LogP contribution in [0.1, 0.15) is 77.0 Å². The molecule has 0 amide bonds. The molecule has 0 aliphatic heterocycles. The van der Waals surface area contributed by atoms with Crippen LogP contribution in [-0.4, -0.2) is 146 Å². The number of fused-ring (bicyclic) bond motifs is 2. The summed E-state index contributed by atoms with van der Waals surface area (Å²) in [5.74, 6) is 4.70. The number of hydrogen-bond donors (Lipinski definition) is 0. The molecule has 0 radical (unpaired) electrons. The summed E-state index contributed by atoms with van der Waals surface area (Å²) in [6, 6.07) is 0. The first-order chi connectivity index (χ1) is 27.2. The van der Waals surface area contributed by atoms with E-state index in [9.17, 15) is 0 Å². The van der Waals surface area contributed by atoms with Gasteiger partial charge in [0.25, 0.3) is 0 Å². The van der Waals surface area contributed by atoms with E-state index in [1.165, 1.54) is 65.8 Å². The fourth-order valence-electron chi connectivity index (χ4n) is 5.03. The van der Waals surface area contributed by atoms with Crippen molar-refractivity contribution in [1.29, 1.82) is 0 Å². The standard InChI is InChI=1S/2C8H14.2C2H5As.2C2H5N.2C2H5P.8C2H4.2CH3.2CH2.2Sb/c2*1-3-7-5-2-6-8(7)4-1;6*1-3-2;8*1-2;;;;;;/h2*7-8H,1-6H2;6*1H2,2H3;8*1-2H2;2*1H3;2*1H2;;. The summed E-state index contributed by atoms with van der Waals surface area (Å²) in [6.07, 6.45) is 25.5. The Morgan fingerprint density at radius 2 is 0.482 bits per heavy atom. The van der Waals surface area contributed by atoms with Gasteiger partial charge in [-0.2, -0.15) is 0 Å². The van der Waals surface area contributed by atoms with Gasteiger partial charge in [-0.15, -0.1) is 122 Å². The summed E-state index contributed by atoms with van der Waals surface area (Å²) in [5, 5.41) is 7.16. The topological polar surface area (TPSA) is 24.7 Å². The third-order valence-electron chi connectivity index (χ3n) is 5.93. The van der Waals surface area contributed by atoms with Crippen LogP contribution in [0.3, 0.4) is 0 Å². The van der Waals surface area contributed by atoms with Crippen molar-refractivity contribution in [1.82, 2.24) is 0 Å². The van der Waals surface area contributed by atoms with E-state index in [0.29, 0.717) is 30.6 Å². The van der Waals surface area contributed by atoms with Crippen LogP contribution in [0.5, 0.6) is 0 Å². The minimum atomic E-state index is 0.100. The van der Waals surface area contributed by atoms with Gasteiger partial charge in [0.2, 0.25) is 0 Å².